The molecule has 1 aliphatic rings. The van der Waals surface area contributed by atoms with Crippen LogP contribution in [-0.4, -0.2) is 6.16 Å². The maximum Gasteiger partial charge on any atom is 0.144 e. The Hall–Kier alpha value is -2.37. The smallest absolute Gasteiger partial charge is 0.144 e. The minimum atomic E-state index is -2.54. The largest absolute Gasteiger partial charge is 0.314 e. The molecule has 0 saturated heterocycles. The molecule has 0 aromatic heterocycles. The van der Waals surface area contributed by atoms with E-state index in [-0.39, 0.29) is 0 Å². The van der Waals surface area contributed by atoms with Crippen LogP contribution in [0.25, 0.3) is 32.7 Å². The van der Waals surface area contributed by atoms with Gasteiger partial charge in [-0.3, -0.25) is 0 Å². The lowest BCUT2D eigenvalue weighted by Gasteiger charge is -2.12. The number of hydrogen-bond donors (Lipinski definition) is 0. The zero-order chi connectivity index (χ0) is 16.3. The topological polar surface area (TPSA) is 17.1 Å². The Morgan fingerprint density at radius 1 is 0.667 bits per heavy atom. The van der Waals surface area contributed by atoms with E-state index in [1.165, 1.54) is 32.7 Å². The van der Waals surface area contributed by atoms with Crippen LogP contribution in [-0.2, 0) is 4.57 Å². The normalized spacial score (nSPS) is 14.7. The molecule has 1 heterocycles. The van der Waals surface area contributed by atoms with Crippen molar-refractivity contribution in [2.24, 2.45) is 0 Å². The van der Waals surface area contributed by atoms with Crippen LogP contribution in [0.4, 0.5) is 0 Å². The van der Waals surface area contributed by atoms with Crippen molar-refractivity contribution in [3.63, 3.8) is 0 Å². The molecule has 24 heavy (non-hydrogen) atoms. The van der Waals surface area contributed by atoms with E-state index in [1.54, 1.807) is 0 Å². The molecular formula is C22H17OP. The van der Waals surface area contributed by atoms with E-state index in [4.69, 9.17) is 0 Å². The summed E-state index contributed by atoms with van der Waals surface area (Å²) < 4.78 is 13.9. The highest BCUT2D eigenvalue weighted by Crippen LogP contribution is 2.55. The van der Waals surface area contributed by atoms with Crippen LogP contribution in [0.2, 0.25) is 0 Å². The third-order valence-electron chi connectivity index (χ3n) is 5.29. The lowest BCUT2D eigenvalue weighted by Crippen LogP contribution is -2.11. The lowest BCUT2D eigenvalue weighted by molar-refractivity contribution is 0.588. The molecule has 116 valence electrons. The standard InChI is InChI=1S/C22H17OP/c1-2-24(23)19-13-11-15-7-3-5-9-17(15)21(19)22-18-10-6-4-8-16(18)12-14-20(22)24/h3-14H,2H2,1H3. The van der Waals surface area contributed by atoms with E-state index in [1.807, 2.05) is 6.92 Å². The monoisotopic (exact) mass is 328 g/mol. The van der Waals surface area contributed by atoms with Crippen LogP contribution in [0.15, 0.2) is 72.8 Å². The molecule has 1 nitrogen and oxygen atoms in total. The molecule has 0 bridgehead atoms. The van der Waals surface area contributed by atoms with E-state index in [0.717, 1.165) is 10.6 Å². The molecule has 0 atom stereocenters. The van der Waals surface area contributed by atoms with E-state index >= 15 is 0 Å². The third-order valence-corrected chi connectivity index (χ3v) is 8.48. The second-order valence-electron chi connectivity index (χ2n) is 6.42. The number of benzene rings is 4. The van der Waals surface area contributed by atoms with Gasteiger partial charge in [0.1, 0.15) is 7.14 Å². The van der Waals surface area contributed by atoms with Crippen LogP contribution < -0.4 is 10.6 Å². The molecule has 0 saturated carbocycles. The summed E-state index contributed by atoms with van der Waals surface area (Å²) in [6.45, 7) is 2.05. The van der Waals surface area contributed by atoms with Gasteiger partial charge in [0.15, 0.2) is 0 Å². The Balaban J connectivity index is 2.07. The van der Waals surface area contributed by atoms with Gasteiger partial charge in [-0.2, -0.15) is 0 Å². The Kier molecular flexibility index (Phi) is 2.81. The highest BCUT2D eigenvalue weighted by Gasteiger charge is 2.38. The van der Waals surface area contributed by atoms with E-state index < -0.39 is 7.14 Å². The molecule has 0 spiro atoms. The Morgan fingerprint density at radius 3 is 1.58 bits per heavy atom. The summed E-state index contributed by atoms with van der Waals surface area (Å²) in [6, 6.07) is 25.3. The fourth-order valence-corrected chi connectivity index (χ4v) is 6.88. The molecule has 0 unspecified atom stereocenters. The molecular weight excluding hydrogens is 311 g/mol. The van der Waals surface area contributed by atoms with Gasteiger partial charge < -0.3 is 4.57 Å². The van der Waals surface area contributed by atoms with E-state index in [0.29, 0.717) is 6.16 Å². The van der Waals surface area contributed by atoms with Crippen molar-refractivity contribution < 1.29 is 4.57 Å². The molecule has 4 aromatic carbocycles. The van der Waals surface area contributed by atoms with Crippen LogP contribution in [0.3, 0.4) is 0 Å². The fourth-order valence-electron chi connectivity index (χ4n) is 4.12. The molecule has 0 N–H and O–H groups in total. The molecule has 0 fully saturated rings. The van der Waals surface area contributed by atoms with E-state index in [2.05, 4.69) is 72.8 Å². The first-order valence-corrected chi connectivity index (χ1v) is 10.3. The van der Waals surface area contributed by atoms with Gasteiger partial charge in [0.2, 0.25) is 0 Å². The van der Waals surface area contributed by atoms with Crippen LogP contribution in [0.5, 0.6) is 0 Å². The molecule has 0 amide bonds. The van der Waals surface area contributed by atoms with Crippen LogP contribution >= 0.6 is 7.14 Å². The summed E-state index contributed by atoms with van der Waals surface area (Å²) in [6.07, 6.45) is 0.670. The predicted molar refractivity (Wildman–Crippen MR) is 104 cm³/mol. The van der Waals surface area contributed by atoms with Gasteiger partial charge >= 0.3 is 0 Å². The average molecular weight is 328 g/mol. The fraction of sp³-hybridized carbons (Fsp3) is 0.0909. The first-order valence-electron chi connectivity index (χ1n) is 8.38. The quantitative estimate of drug-likeness (QED) is 0.433. The van der Waals surface area contributed by atoms with Crippen molar-refractivity contribution in [2.45, 2.75) is 6.92 Å². The summed E-state index contributed by atoms with van der Waals surface area (Å²) in [5.74, 6) is 0. The van der Waals surface area contributed by atoms with Gasteiger partial charge in [0, 0.05) is 27.9 Å². The summed E-state index contributed by atoms with van der Waals surface area (Å²) in [5, 5.41) is 6.90. The maximum atomic E-state index is 13.9. The highest BCUT2D eigenvalue weighted by atomic mass is 31.2. The molecule has 1 aliphatic heterocycles. The van der Waals surface area contributed by atoms with E-state index in [9.17, 15) is 4.57 Å². The van der Waals surface area contributed by atoms with Crippen molar-refractivity contribution in [3.8, 4) is 11.1 Å². The van der Waals surface area contributed by atoms with Crippen LogP contribution in [0.1, 0.15) is 6.92 Å². The number of hydrogen-bond acceptors (Lipinski definition) is 1. The minimum absolute atomic E-state index is 0.670. The van der Waals surface area contributed by atoms with Crippen molar-refractivity contribution >= 4 is 39.3 Å². The Bertz CT molecular complexity index is 1080. The molecule has 4 aromatic rings. The van der Waals surface area contributed by atoms with Crippen molar-refractivity contribution in [2.75, 3.05) is 6.16 Å². The molecule has 2 heteroatoms. The highest BCUT2D eigenvalue weighted by molar-refractivity contribution is 7.80. The van der Waals surface area contributed by atoms with Gasteiger partial charge in [0.05, 0.1) is 0 Å². The van der Waals surface area contributed by atoms with Crippen molar-refractivity contribution in [1.29, 1.82) is 0 Å². The summed E-state index contributed by atoms with van der Waals surface area (Å²) >= 11 is 0. The third kappa shape index (κ3) is 1.63. The predicted octanol–water partition coefficient (Wildman–Crippen LogP) is 5.31. The van der Waals surface area contributed by atoms with Gasteiger partial charge in [-0.1, -0.05) is 67.6 Å². The van der Waals surface area contributed by atoms with Gasteiger partial charge in [0.25, 0.3) is 0 Å². The van der Waals surface area contributed by atoms with Crippen LogP contribution in [0, 0.1) is 0 Å². The van der Waals surface area contributed by atoms with Crippen molar-refractivity contribution in [3.05, 3.63) is 72.8 Å². The lowest BCUT2D eigenvalue weighted by atomic mass is 9.94. The second kappa shape index (κ2) is 4.82. The molecule has 5 rings (SSSR count). The van der Waals surface area contributed by atoms with Gasteiger partial charge in [-0.05, 0) is 33.7 Å². The van der Waals surface area contributed by atoms with Gasteiger partial charge in [-0.25, -0.2) is 0 Å². The zero-order valence-corrected chi connectivity index (χ0v) is 14.4. The maximum absolute atomic E-state index is 13.9. The minimum Gasteiger partial charge on any atom is -0.314 e. The number of rotatable bonds is 1. The van der Waals surface area contributed by atoms with Gasteiger partial charge in [-0.15, -0.1) is 0 Å². The molecule has 0 aliphatic carbocycles. The van der Waals surface area contributed by atoms with Crippen molar-refractivity contribution in [1.82, 2.24) is 0 Å². The summed E-state index contributed by atoms with van der Waals surface area (Å²) in [4.78, 5) is 0. The molecule has 0 radical (unpaired) electrons. The summed E-state index contributed by atoms with van der Waals surface area (Å²) in [5.41, 5.74) is 2.37. The Labute approximate surface area is 141 Å². The number of fused-ring (bicyclic) bond motifs is 7. The zero-order valence-electron chi connectivity index (χ0n) is 13.5. The second-order valence-corrected chi connectivity index (χ2v) is 9.49. The summed E-state index contributed by atoms with van der Waals surface area (Å²) in [7, 11) is -2.54. The first kappa shape index (κ1) is 14.0. The average Bonchev–Trinajstić information content (AvgIpc) is 2.92. The Morgan fingerprint density at radius 2 is 1.12 bits per heavy atom. The SMILES string of the molecule is CCP1(=O)c2ccc3ccccc3c2-c2c1ccc1ccccc21. The first-order chi connectivity index (χ1) is 11.7.